The lowest BCUT2D eigenvalue weighted by Gasteiger charge is -2.07. The van der Waals surface area contributed by atoms with Crippen LogP contribution in [0.2, 0.25) is 0 Å². The van der Waals surface area contributed by atoms with Crippen LogP contribution in [0.1, 0.15) is 0 Å². The fourth-order valence-corrected chi connectivity index (χ4v) is 1.42. The van der Waals surface area contributed by atoms with Gasteiger partial charge in [-0.25, -0.2) is 9.97 Å². The lowest BCUT2D eigenvalue weighted by atomic mass is 10.5. The topological polar surface area (TPSA) is 56.3 Å². The molecule has 5 nitrogen and oxygen atoms in total. The van der Waals surface area contributed by atoms with Gasteiger partial charge in [0.1, 0.15) is 12.1 Å². The molecule has 1 rings (SSSR count). The number of halogens is 1. The van der Waals surface area contributed by atoms with Gasteiger partial charge in [0, 0.05) is 19.9 Å². The van der Waals surface area contributed by atoms with Gasteiger partial charge in [-0.2, -0.15) is 0 Å². The number of aromatic nitrogens is 2. The maximum atomic E-state index is 5.30. The quantitative estimate of drug-likeness (QED) is 0.603. The number of hydrogen-bond acceptors (Lipinski definition) is 5. The predicted octanol–water partition coefficient (Wildman–Crippen LogP) is 1.16. The molecule has 0 aliphatic heterocycles. The van der Waals surface area contributed by atoms with E-state index in [2.05, 4.69) is 37.9 Å². The Morgan fingerprint density at radius 3 is 3.00 bits per heavy atom. The monoisotopic (exact) mass is 323 g/mol. The summed E-state index contributed by atoms with van der Waals surface area (Å²) >= 11 is 2.19. The van der Waals surface area contributed by atoms with Gasteiger partial charge in [-0.15, -0.1) is 0 Å². The zero-order chi connectivity index (χ0) is 10.9. The van der Waals surface area contributed by atoms with E-state index in [9.17, 15) is 0 Å². The van der Waals surface area contributed by atoms with Crippen molar-refractivity contribution in [2.24, 2.45) is 0 Å². The van der Waals surface area contributed by atoms with E-state index in [1.165, 1.54) is 6.33 Å². The van der Waals surface area contributed by atoms with Crippen molar-refractivity contribution in [3.63, 3.8) is 0 Å². The van der Waals surface area contributed by atoms with Gasteiger partial charge >= 0.3 is 0 Å². The third-order valence-corrected chi connectivity index (χ3v) is 2.43. The average molecular weight is 323 g/mol. The van der Waals surface area contributed by atoms with Crippen LogP contribution in [0.4, 0.5) is 5.82 Å². The Balaban J connectivity index is 2.12. The first-order valence-electron chi connectivity index (χ1n) is 4.60. The number of hydrogen-bond donors (Lipinski definition) is 1. The summed E-state index contributed by atoms with van der Waals surface area (Å²) in [6, 6.07) is 0. The van der Waals surface area contributed by atoms with E-state index in [4.69, 9.17) is 9.47 Å². The van der Waals surface area contributed by atoms with Crippen molar-refractivity contribution in [1.82, 2.24) is 9.97 Å². The second-order valence-corrected chi connectivity index (χ2v) is 3.91. The Bertz CT molecular complexity index is 286. The van der Waals surface area contributed by atoms with Crippen LogP contribution in [0.25, 0.3) is 0 Å². The summed E-state index contributed by atoms with van der Waals surface area (Å²) < 4.78 is 11.2. The zero-order valence-corrected chi connectivity index (χ0v) is 10.7. The van der Waals surface area contributed by atoms with Gasteiger partial charge in [0.25, 0.3) is 0 Å². The van der Waals surface area contributed by atoms with Gasteiger partial charge in [-0.3, -0.25) is 0 Å². The molecule has 0 unspecified atom stereocenters. The molecule has 0 aliphatic rings. The van der Waals surface area contributed by atoms with Crippen molar-refractivity contribution in [1.29, 1.82) is 0 Å². The maximum Gasteiger partial charge on any atom is 0.142 e. The Labute approximate surface area is 103 Å². The van der Waals surface area contributed by atoms with Crippen LogP contribution >= 0.6 is 22.6 Å². The molecule has 0 saturated carbocycles. The fourth-order valence-electron chi connectivity index (χ4n) is 0.929. The highest BCUT2D eigenvalue weighted by Gasteiger charge is 1.98. The lowest BCUT2D eigenvalue weighted by molar-refractivity contribution is 0.0759. The van der Waals surface area contributed by atoms with E-state index in [1.807, 2.05) is 0 Å². The maximum absolute atomic E-state index is 5.30. The summed E-state index contributed by atoms with van der Waals surface area (Å²) in [5.41, 5.74) is 0. The van der Waals surface area contributed by atoms with Gasteiger partial charge in [-0.05, 0) is 22.6 Å². The van der Waals surface area contributed by atoms with Gasteiger partial charge in [0.2, 0.25) is 0 Å². The Kier molecular flexibility index (Phi) is 6.53. The molecule has 0 saturated heterocycles. The highest BCUT2D eigenvalue weighted by Crippen LogP contribution is 2.11. The summed E-state index contributed by atoms with van der Waals surface area (Å²) in [7, 11) is 1.66. The number of anilines is 1. The van der Waals surface area contributed by atoms with E-state index in [0.29, 0.717) is 19.8 Å². The second kappa shape index (κ2) is 7.77. The summed E-state index contributed by atoms with van der Waals surface area (Å²) in [6.07, 6.45) is 3.29. The predicted molar refractivity (Wildman–Crippen MR) is 65.9 cm³/mol. The summed E-state index contributed by atoms with van der Waals surface area (Å²) in [5, 5.41) is 3.17. The molecule has 1 aromatic heterocycles. The molecule has 0 aliphatic carbocycles. The van der Waals surface area contributed by atoms with Crippen molar-refractivity contribution < 1.29 is 9.47 Å². The molecule has 1 N–H and O–H groups in total. The van der Waals surface area contributed by atoms with Crippen molar-refractivity contribution in [2.75, 3.05) is 38.8 Å². The van der Waals surface area contributed by atoms with Crippen LogP contribution in [0, 0.1) is 3.57 Å². The molecule has 84 valence electrons. The Morgan fingerprint density at radius 2 is 2.27 bits per heavy atom. The molecule has 0 radical (unpaired) electrons. The number of ether oxygens (including phenoxy) is 2. The Hall–Kier alpha value is -0.470. The fraction of sp³-hybridized carbons (Fsp3) is 0.556. The van der Waals surface area contributed by atoms with E-state index >= 15 is 0 Å². The molecule has 0 atom stereocenters. The zero-order valence-electron chi connectivity index (χ0n) is 8.57. The number of nitrogens with zero attached hydrogens (tertiary/aromatic N) is 2. The molecule has 0 bridgehead atoms. The molecule has 6 heteroatoms. The molecule has 0 spiro atoms. The van der Waals surface area contributed by atoms with Crippen LogP contribution in [0.15, 0.2) is 12.5 Å². The Morgan fingerprint density at radius 1 is 1.40 bits per heavy atom. The second-order valence-electron chi connectivity index (χ2n) is 2.75. The highest BCUT2D eigenvalue weighted by atomic mass is 127. The average Bonchev–Trinajstić information content (AvgIpc) is 2.25. The first kappa shape index (κ1) is 12.6. The van der Waals surface area contributed by atoms with Crippen LogP contribution in [0.5, 0.6) is 0 Å². The normalized spacial score (nSPS) is 10.3. The molecular formula is C9H14IN3O2. The van der Waals surface area contributed by atoms with Crippen molar-refractivity contribution in [2.45, 2.75) is 0 Å². The summed E-state index contributed by atoms with van der Waals surface area (Å²) in [5.74, 6) is 0.848. The summed E-state index contributed by atoms with van der Waals surface area (Å²) in [4.78, 5) is 8.01. The van der Waals surface area contributed by atoms with E-state index in [-0.39, 0.29) is 0 Å². The van der Waals surface area contributed by atoms with E-state index in [1.54, 1.807) is 13.3 Å². The van der Waals surface area contributed by atoms with E-state index < -0.39 is 0 Å². The third kappa shape index (κ3) is 5.24. The minimum absolute atomic E-state index is 0.624. The molecule has 1 heterocycles. The van der Waals surface area contributed by atoms with E-state index in [0.717, 1.165) is 15.9 Å². The van der Waals surface area contributed by atoms with Crippen LogP contribution in [0.3, 0.4) is 0 Å². The van der Waals surface area contributed by atoms with Crippen molar-refractivity contribution in [3.05, 3.63) is 16.1 Å². The largest absolute Gasteiger partial charge is 0.382 e. The third-order valence-electron chi connectivity index (χ3n) is 1.64. The molecule has 0 amide bonds. The summed E-state index contributed by atoms with van der Waals surface area (Å²) in [6.45, 7) is 2.63. The van der Waals surface area contributed by atoms with Crippen LogP contribution in [-0.4, -0.2) is 43.4 Å². The standard InChI is InChI=1S/C9H14IN3O2/c1-14-4-5-15-3-2-12-9-8(10)6-11-7-13-9/h6-7H,2-5H2,1H3,(H,11,12,13). The molecule has 1 aromatic rings. The molecule has 15 heavy (non-hydrogen) atoms. The van der Waals surface area contributed by atoms with Crippen LogP contribution in [-0.2, 0) is 9.47 Å². The SMILES string of the molecule is COCCOCCNc1ncncc1I. The van der Waals surface area contributed by atoms with Gasteiger partial charge in [0.15, 0.2) is 0 Å². The van der Waals surface area contributed by atoms with Crippen LogP contribution < -0.4 is 5.32 Å². The minimum Gasteiger partial charge on any atom is -0.382 e. The molecule has 0 fully saturated rings. The van der Waals surface area contributed by atoms with Gasteiger partial charge in [-0.1, -0.05) is 0 Å². The number of nitrogens with one attached hydrogen (secondary N) is 1. The lowest BCUT2D eigenvalue weighted by Crippen LogP contribution is -2.13. The molecular weight excluding hydrogens is 309 g/mol. The van der Waals surface area contributed by atoms with Crippen molar-refractivity contribution >= 4 is 28.4 Å². The van der Waals surface area contributed by atoms with Gasteiger partial charge < -0.3 is 14.8 Å². The molecule has 0 aromatic carbocycles. The smallest absolute Gasteiger partial charge is 0.142 e. The minimum atomic E-state index is 0.624. The number of methoxy groups -OCH3 is 1. The first-order valence-corrected chi connectivity index (χ1v) is 5.68. The van der Waals surface area contributed by atoms with Gasteiger partial charge in [0.05, 0.1) is 23.4 Å². The highest BCUT2D eigenvalue weighted by molar-refractivity contribution is 14.1. The number of rotatable bonds is 7. The first-order chi connectivity index (χ1) is 7.34. The van der Waals surface area contributed by atoms with Crippen molar-refractivity contribution in [3.8, 4) is 0 Å².